The van der Waals surface area contributed by atoms with Crippen molar-refractivity contribution in [2.45, 2.75) is 115 Å². The fourth-order valence-electron chi connectivity index (χ4n) is 8.23. The average Bonchev–Trinajstić information content (AvgIpc) is 3.59. The summed E-state index contributed by atoms with van der Waals surface area (Å²) in [5.41, 5.74) is -0.731. The quantitative estimate of drug-likeness (QED) is 0.282. The van der Waals surface area contributed by atoms with Gasteiger partial charge in [0.25, 0.3) is 5.91 Å². The van der Waals surface area contributed by atoms with Gasteiger partial charge in [-0.2, -0.15) is 13.2 Å². The molecule has 11 nitrogen and oxygen atoms in total. The second-order valence-electron chi connectivity index (χ2n) is 14.9. The van der Waals surface area contributed by atoms with Crippen molar-refractivity contribution in [1.82, 2.24) is 26.2 Å². The van der Waals surface area contributed by atoms with E-state index in [2.05, 4.69) is 16.0 Å². The lowest BCUT2D eigenvalue weighted by Gasteiger charge is -2.56. The first kappa shape index (κ1) is 33.2. The van der Waals surface area contributed by atoms with Gasteiger partial charge in [-0.3, -0.25) is 28.8 Å². The van der Waals surface area contributed by atoms with Crippen LogP contribution in [-0.4, -0.2) is 83.1 Å². The van der Waals surface area contributed by atoms with Crippen LogP contribution in [0.4, 0.5) is 13.2 Å². The van der Waals surface area contributed by atoms with Crippen LogP contribution in [0, 0.1) is 29.1 Å². The number of alkyl halides is 3. The van der Waals surface area contributed by atoms with Gasteiger partial charge in [0.15, 0.2) is 0 Å². The highest BCUT2D eigenvalue weighted by Gasteiger charge is 2.57. The highest BCUT2D eigenvalue weighted by molar-refractivity contribution is 6.38. The van der Waals surface area contributed by atoms with E-state index >= 15 is 0 Å². The molecule has 3 aliphatic carbocycles. The van der Waals surface area contributed by atoms with Crippen molar-refractivity contribution in [3.63, 3.8) is 0 Å². The van der Waals surface area contributed by atoms with Crippen molar-refractivity contribution in [1.29, 1.82) is 0 Å². The van der Waals surface area contributed by atoms with E-state index in [1.54, 1.807) is 20.8 Å². The van der Waals surface area contributed by atoms with E-state index in [0.29, 0.717) is 32.2 Å². The SMILES string of the molecule is CC(C)(C)NC(=O)C(=O)[C@H](C[C@@H]1CCNC1=O)NC(=O)[C@@H]1[C@H]2CCC[C@H]2CN1C(=O)C(NC(=O)C(F)(F)F)C1CC2(CCC2)C1. The van der Waals surface area contributed by atoms with Crippen molar-refractivity contribution < 1.29 is 41.9 Å². The molecule has 2 aliphatic heterocycles. The molecule has 4 N–H and O–H groups in total. The van der Waals surface area contributed by atoms with Crippen molar-refractivity contribution in [2.75, 3.05) is 13.1 Å². The molecule has 5 rings (SSSR count). The van der Waals surface area contributed by atoms with Crippen LogP contribution in [0.3, 0.4) is 0 Å². The first-order valence-corrected chi connectivity index (χ1v) is 16.1. The second-order valence-corrected chi connectivity index (χ2v) is 14.9. The van der Waals surface area contributed by atoms with Crippen LogP contribution in [0.1, 0.15) is 85.0 Å². The van der Waals surface area contributed by atoms with E-state index in [1.165, 1.54) is 4.90 Å². The maximum absolute atomic E-state index is 14.1. The van der Waals surface area contributed by atoms with E-state index in [1.807, 2.05) is 5.32 Å². The van der Waals surface area contributed by atoms with Gasteiger partial charge in [-0.1, -0.05) is 12.8 Å². The summed E-state index contributed by atoms with van der Waals surface area (Å²) in [4.78, 5) is 80.1. The minimum atomic E-state index is -5.18. The number of hydrogen-bond donors (Lipinski definition) is 4. The number of amides is 5. The van der Waals surface area contributed by atoms with Gasteiger partial charge in [0.2, 0.25) is 23.5 Å². The highest BCUT2D eigenvalue weighted by atomic mass is 19.4. The first-order valence-electron chi connectivity index (χ1n) is 16.1. The molecule has 0 radical (unpaired) electrons. The van der Waals surface area contributed by atoms with E-state index < -0.39 is 71.1 Å². The number of fused-ring (bicyclic) bond motifs is 1. The molecule has 1 unspecified atom stereocenters. The van der Waals surface area contributed by atoms with Crippen LogP contribution < -0.4 is 21.3 Å². The number of rotatable bonds is 9. The molecule has 0 bridgehead atoms. The van der Waals surface area contributed by atoms with Gasteiger partial charge in [-0.15, -0.1) is 0 Å². The Kier molecular flexibility index (Phi) is 9.00. The summed E-state index contributed by atoms with van der Waals surface area (Å²) in [6.07, 6.45) is 1.22. The average molecular weight is 640 g/mol. The zero-order valence-corrected chi connectivity index (χ0v) is 26.1. The second kappa shape index (κ2) is 12.2. The largest absolute Gasteiger partial charge is 0.471 e. The van der Waals surface area contributed by atoms with Gasteiger partial charge in [0.1, 0.15) is 12.1 Å². The molecule has 250 valence electrons. The van der Waals surface area contributed by atoms with Crippen LogP contribution in [0.2, 0.25) is 0 Å². The number of nitrogens with one attached hydrogen (secondary N) is 4. The molecule has 3 saturated carbocycles. The third-order valence-corrected chi connectivity index (χ3v) is 10.6. The molecular formula is C31H44F3N5O6. The van der Waals surface area contributed by atoms with Gasteiger partial charge in [-0.25, -0.2) is 0 Å². The molecule has 14 heteroatoms. The Labute approximate surface area is 260 Å². The third-order valence-electron chi connectivity index (χ3n) is 10.6. The van der Waals surface area contributed by atoms with Gasteiger partial charge >= 0.3 is 12.1 Å². The molecule has 0 aromatic rings. The zero-order chi connectivity index (χ0) is 32.9. The molecule has 2 saturated heterocycles. The Bertz CT molecular complexity index is 1240. The van der Waals surface area contributed by atoms with E-state index in [0.717, 1.165) is 32.1 Å². The molecule has 1 spiro atoms. The summed E-state index contributed by atoms with van der Waals surface area (Å²) in [6.45, 7) is 5.63. The predicted molar refractivity (Wildman–Crippen MR) is 154 cm³/mol. The normalized spacial score (nSPS) is 28.8. The maximum Gasteiger partial charge on any atom is 0.471 e. The highest BCUT2D eigenvalue weighted by Crippen LogP contribution is 2.59. The Hall–Kier alpha value is -3.19. The number of Topliss-reactive ketones (excluding diaryl/α,β-unsaturated/α-hetero) is 1. The Morgan fingerprint density at radius 1 is 1.00 bits per heavy atom. The van der Waals surface area contributed by atoms with E-state index in [4.69, 9.17) is 0 Å². The Balaban J connectivity index is 1.38. The zero-order valence-electron chi connectivity index (χ0n) is 26.1. The van der Waals surface area contributed by atoms with Gasteiger partial charge in [0, 0.05) is 24.5 Å². The number of carbonyl (C=O) groups is 6. The first-order chi connectivity index (χ1) is 21.0. The molecular weight excluding hydrogens is 595 g/mol. The minimum Gasteiger partial charge on any atom is -0.356 e. The van der Waals surface area contributed by atoms with Gasteiger partial charge < -0.3 is 26.2 Å². The number of ketones is 1. The smallest absolute Gasteiger partial charge is 0.356 e. The van der Waals surface area contributed by atoms with Crippen LogP contribution >= 0.6 is 0 Å². The minimum absolute atomic E-state index is 0.0121. The lowest BCUT2D eigenvalue weighted by atomic mass is 9.50. The van der Waals surface area contributed by atoms with Gasteiger partial charge in [0.05, 0.1) is 6.04 Å². The lowest BCUT2D eigenvalue weighted by molar-refractivity contribution is -0.177. The Morgan fingerprint density at radius 2 is 1.69 bits per heavy atom. The van der Waals surface area contributed by atoms with Crippen LogP contribution in [0.15, 0.2) is 0 Å². The van der Waals surface area contributed by atoms with Crippen LogP contribution in [0.25, 0.3) is 0 Å². The summed E-state index contributed by atoms with van der Waals surface area (Å²) in [5.74, 6) is -7.20. The van der Waals surface area contributed by atoms with Crippen LogP contribution in [0.5, 0.6) is 0 Å². The summed E-state index contributed by atoms with van der Waals surface area (Å²) in [7, 11) is 0. The Morgan fingerprint density at radius 3 is 2.24 bits per heavy atom. The number of likely N-dealkylation sites (tertiary alicyclic amines) is 1. The number of nitrogens with zero attached hydrogens (tertiary/aromatic N) is 1. The lowest BCUT2D eigenvalue weighted by Crippen LogP contribution is -2.62. The third kappa shape index (κ3) is 6.98. The summed E-state index contributed by atoms with van der Waals surface area (Å²) < 4.78 is 40.0. The fourth-order valence-corrected chi connectivity index (χ4v) is 8.23. The molecule has 2 heterocycles. The van der Waals surface area contributed by atoms with Gasteiger partial charge in [-0.05, 0) is 95.3 Å². The van der Waals surface area contributed by atoms with Crippen molar-refractivity contribution in [2.24, 2.45) is 29.1 Å². The molecule has 6 atom stereocenters. The molecule has 0 aromatic heterocycles. The molecule has 5 amide bonds. The predicted octanol–water partition coefficient (Wildman–Crippen LogP) is 1.74. The summed E-state index contributed by atoms with van der Waals surface area (Å²) in [6, 6.07) is -3.87. The fraction of sp³-hybridized carbons (Fsp3) is 0.806. The van der Waals surface area contributed by atoms with Crippen LogP contribution in [-0.2, 0) is 28.8 Å². The van der Waals surface area contributed by atoms with Crippen molar-refractivity contribution in [3.05, 3.63) is 0 Å². The molecule has 5 aliphatic rings. The van der Waals surface area contributed by atoms with E-state index in [-0.39, 0.29) is 36.1 Å². The molecule has 5 fully saturated rings. The summed E-state index contributed by atoms with van der Waals surface area (Å²) in [5, 5.41) is 9.91. The summed E-state index contributed by atoms with van der Waals surface area (Å²) >= 11 is 0. The van der Waals surface area contributed by atoms with Crippen molar-refractivity contribution >= 4 is 35.3 Å². The number of hydrogen-bond acceptors (Lipinski definition) is 6. The topological polar surface area (TPSA) is 154 Å². The maximum atomic E-state index is 14.1. The molecule has 45 heavy (non-hydrogen) atoms. The van der Waals surface area contributed by atoms with E-state index in [9.17, 15) is 41.9 Å². The molecule has 0 aromatic carbocycles. The number of carbonyl (C=O) groups excluding carboxylic acids is 6. The monoisotopic (exact) mass is 639 g/mol. The number of halogens is 3. The standard InChI is InChI=1S/C31H44F3N5O6/c1-29(2,3)38-26(43)23(40)20(12-16-8-11-35-24(16)41)36-25(42)22-19-7-4-6-17(19)15-39(22)27(44)21(37-28(45)31(32,33)34)18-13-30(14-18)9-5-10-30/h16-22H,4-15H2,1-3H3,(H,35,41)(H,36,42)(H,37,45)(H,38,43)/t16-,17-,19-,20-,21?,22-/m0/s1. The van der Waals surface area contributed by atoms with Crippen molar-refractivity contribution in [3.8, 4) is 0 Å².